The first-order valence-electron chi connectivity index (χ1n) is 3.65. The molecule has 0 saturated heterocycles. The Bertz CT molecular complexity index is 254. The van der Waals surface area contributed by atoms with Crippen LogP contribution in [0.3, 0.4) is 0 Å². The van der Waals surface area contributed by atoms with Gasteiger partial charge in [0.25, 0.3) is 10.2 Å². The minimum absolute atomic E-state index is 0.145. The van der Waals surface area contributed by atoms with Gasteiger partial charge in [0, 0.05) is 13.1 Å². The summed E-state index contributed by atoms with van der Waals surface area (Å²) in [4.78, 5) is 0. The maximum absolute atomic E-state index is 10.9. The van der Waals surface area contributed by atoms with E-state index >= 15 is 0 Å². The van der Waals surface area contributed by atoms with Gasteiger partial charge in [-0.3, -0.25) is 0 Å². The Morgan fingerprint density at radius 1 is 1.50 bits per heavy atom. The van der Waals surface area contributed by atoms with E-state index in [9.17, 15) is 8.42 Å². The van der Waals surface area contributed by atoms with Crippen LogP contribution in [0.15, 0.2) is 0 Å². The van der Waals surface area contributed by atoms with E-state index < -0.39 is 10.2 Å². The van der Waals surface area contributed by atoms with E-state index in [0.717, 1.165) is 0 Å². The van der Waals surface area contributed by atoms with Crippen LogP contribution in [-0.2, 0) is 10.2 Å². The summed E-state index contributed by atoms with van der Waals surface area (Å²) in [5.41, 5.74) is 0. The lowest BCUT2D eigenvalue weighted by atomic mass is 10.2. The summed E-state index contributed by atoms with van der Waals surface area (Å²) in [5, 5.41) is 8.36. The van der Waals surface area contributed by atoms with Crippen molar-refractivity contribution in [2.24, 2.45) is 5.92 Å². The van der Waals surface area contributed by atoms with Crippen LogP contribution in [0.5, 0.6) is 0 Å². The topological polar surface area (TPSA) is 82.0 Å². The molecule has 0 radical (unpaired) electrons. The van der Waals surface area contributed by atoms with E-state index in [2.05, 4.69) is 9.44 Å². The molecule has 2 N–H and O–H groups in total. The number of nitrogens with one attached hydrogen (secondary N) is 2. The highest BCUT2D eigenvalue weighted by atomic mass is 32.2. The first-order chi connectivity index (χ1) is 5.52. The highest BCUT2D eigenvalue weighted by Crippen LogP contribution is 1.88. The van der Waals surface area contributed by atoms with Crippen molar-refractivity contribution < 1.29 is 8.42 Å². The molecule has 0 spiro atoms. The van der Waals surface area contributed by atoms with E-state index in [1.807, 2.05) is 6.07 Å². The molecule has 0 saturated carbocycles. The number of hydrogen-bond acceptors (Lipinski definition) is 3. The molecule has 6 heteroatoms. The molecule has 70 valence electrons. The smallest absolute Gasteiger partial charge is 0.203 e. The van der Waals surface area contributed by atoms with Gasteiger partial charge in [-0.25, -0.2) is 9.44 Å². The van der Waals surface area contributed by atoms with Gasteiger partial charge < -0.3 is 0 Å². The van der Waals surface area contributed by atoms with Gasteiger partial charge in [-0.1, -0.05) is 6.92 Å². The van der Waals surface area contributed by atoms with Crippen molar-refractivity contribution in [3.8, 4) is 6.07 Å². The lowest BCUT2D eigenvalue weighted by Crippen LogP contribution is -2.38. The third kappa shape index (κ3) is 5.07. The number of nitriles is 1. The van der Waals surface area contributed by atoms with Gasteiger partial charge in [-0.2, -0.15) is 13.7 Å². The molecule has 0 aliphatic rings. The van der Waals surface area contributed by atoms with Crippen LogP contribution in [0.4, 0.5) is 0 Å². The van der Waals surface area contributed by atoms with Crippen LogP contribution in [0.2, 0.25) is 0 Å². The Balaban J connectivity index is 3.86. The van der Waals surface area contributed by atoms with E-state index in [1.54, 1.807) is 13.8 Å². The third-order valence-corrected chi connectivity index (χ3v) is 2.35. The Morgan fingerprint density at radius 2 is 2.08 bits per heavy atom. The first-order valence-corrected chi connectivity index (χ1v) is 5.14. The Hall–Kier alpha value is -0.640. The quantitative estimate of drug-likeness (QED) is 0.619. The molecule has 0 heterocycles. The number of hydrogen-bond donors (Lipinski definition) is 2. The first kappa shape index (κ1) is 11.4. The van der Waals surface area contributed by atoms with Gasteiger partial charge in [-0.15, -0.1) is 0 Å². The van der Waals surface area contributed by atoms with E-state index in [1.165, 1.54) is 0 Å². The molecule has 0 rings (SSSR count). The zero-order valence-corrected chi connectivity index (χ0v) is 7.98. The molecule has 0 aliphatic carbocycles. The van der Waals surface area contributed by atoms with E-state index in [-0.39, 0.29) is 12.5 Å². The van der Waals surface area contributed by atoms with Gasteiger partial charge in [0.1, 0.15) is 0 Å². The second-order valence-electron chi connectivity index (χ2n) is 2.38. The molecule has 0 aromatic heterocycles. The second kappa shape index (κ2) is 5.09. The standard InChI is InChI=1S/C6H13N3O2S/c1-3-8-12(10,11)9-5-6(2)4-7/h6,8-9H,3,5H2,1-2H3. The monoisotopic (exact) mass is 191 g/mol. The van der Waals surface area contributed by atoms with Crippen molar-refractivity contribution in [3.05, 3.63) is 0 Å². The maximum Gasteiger partial charge on any atom is 0.276 e. The zero-order valence-electron chi connectivity index (χ0n) is 7.16. The molecule has 0 bridgehead atoms. The van der Waals surface area contributed by atoms with Crippen LogP contribution >= 0.6 is 0 Å². The molecule has 1 atom stereocenters. The Kier molecular flexibility index (Phi) is 4.81. The SMILES string of the molecule is CCNS(=O)(=O)NCC(C)C#N. The van der Waals surface area contributed by atoms with Crippen molar-refractivity contribution in [1.82, 2.24) is 9.44 Å². The molecule has 1 unspecified atom stereocenters. The Morgan fingerprint density at radius 3 is 2.50 bits per heavy atom. The normalized spacial score (nSPS) is 13.8. The van der Waals surface area contributed by atoms with Gasteiger partial charge in [0.05, 0.1) is 12.0 Å². The zero-order chi connectivity index (χ0) is 9.61. The summed E-state index contributed by atoms with van der Waals surface area (Å²) in [6.07, 6.45) is 0. The molecular weight excluding hydrogens is 178 g/mol. The largest absolute Gasteiger partial charge is 0.276 e. The van der Waals surface area contributed by atoms with Crippen molar-refractivity contribution in [1.29, 1.82) is 5.26 Å². The second-order valence-corrected chi connectivity index (χ2v) is 3.96. The maximum atomic E-state index is 10.9. The van der Waals surface area contributed by atoms with Crippen molar-refractivity contribution in [2.45, 2.75) is 13.8 Å². The van der Waals surface area contributed by atoms with Crippen LogP contribution in [0.25, 0.3) is 0 Å². The summed E-state index contributed by atoms with van der Waals surface area (Å²) < 4.78 is 26.3. The van der Waals surface area contributed by atoms with Crippen LogP contribution in [0.1, 0.15) is 13.8 Å². The summed E-state index contributed by atoms with van der Waals surface area (Å²) in [7, 11) is -3.39. The van der Waals surface area contributed by atoms with E-state index in [4.69, 9.17) is 5.26 Å². The molecule has 0 aromatic carbocycles. The van der Waals surface area contributed by atoms with Crippen LogP contribution in [0, 0.1) is 17.2 Å². The summed E-state index contributed by atoms with van der Waals surface area (Å²) >= 11 is 0. The summed E-state index contributed by atoms with van der Waals surface area (Å²) in [6.45, 7) is 3.82. The van der Waals surface area contributed by atoms with Crippen LogP contribution < -0.4 is 9.44 Å². The lowest BCUT2D eigenvalue weighted by Gasteiger charge is -2.06. The summed E-state index contributed by atoms with van der Waals surface area (Å²) in [5.74, 6) is -0.307. The lowest BCUT2D eigenvalue weighted by molar-refractivity contribution is 0.560. The number of rotatable bonds is 5. The van der Waals surface area contributed by atoms with Crippen LogP contribution in [-0.4, -0.2) is 21.5 Å². The fourth-order valence-corrected chi connectivity index (χ4v) is 1.47. The van der Waals surface area contributed by atoms with Crippen molar-refractivity contribution in [2.75, 3.05) is 13.1 Å². The fourth-order valence-electron chi connectivity index (χ4n) is 0.521. The van der Waals surface area contributed by atoms with Crippen molar-refractivity contribution >= 4 is 10.2 Å². The average molecular weight is 191 g/mol. The average Bonchev–Trinajstić information content (AvgIpc) is 2.00. The van der Waals surface area contributed by atoms with Gasteiger partial charge >= 0.3 is 0 Å². The molecule has 12 heavy (non-hydrogen) atoms. The van der Waals surface area contributed by atoms with Gasteiger partial charge in [0.15, 0.2) is 0 Å². The third-order valence-electron chi connectivity index (χ3n) is 1.13. The molecule has 5 nitrogen and oxygen atoms in total. The van der Waals surface area contributed by atoms with E-state index in [0.29, 0.717) is 6.54 Å². The minimum Gasteiger partial charge on any atom is -0.203 e. The fraction of sp³-hybridized carbons (Fsp3) is 0.833. The molecule has 0 amide bonds. The van der Waals surface area contributed by atoms with Gasteiger partial charge in [0.2, 0.25) is 0 Å². The molecule has 0 aromatic rings. The highest BCUT2D eigenvalue weighted by molar-refractivity contribution is 7.87. The minimum atomic E-state index is -3.39. The number of nitrogens with zero attached hydrogens (tertiary/aromatic N) is 1. The predicted molar refractivity (Wildman–Crippen MR) is 45.4 cm³/mol. The van der Waals surface area contributed by atoms with Gasteiger partial charge in [-0.05, 0) is 6.92 Å². The molecule has 0 aliphatic heterocycles. The summed E-state index contributed by atoms with van der Waals surface area (Å²) in [6, 6.07) is 1.92. The van der Waals surface area contributed by atoms with Crippen molar-refractivity contribution in [3.63, 3.8) is 0 Å². The molecular formula is C6H13N3O2S. The predicted octanol–water partition coefficient (Wildman–Crippen LogP) is -0.410. The molecule has 0 fully saturated rings. The Labute approximate surface area is 73.0 Å². The highest BCUT2D eigenvalue weighted by Gasteiger charge is 2.08.